The van der Waals surface area contributed by atoms with E-state index in [0.717, 1.165) is 14.0 Å². The van der Waals surface area contributed by atoms with Crippen molar-refractivity contribution < 1.29 is 23.2 Å². The van der Waals surface area contributed by atoms with Crippen molar-refractivity contribution in [3.63, 3.8) is 0 Å². The minimum atomic E-state index is -3.88. The molecular formula is C4H9NO5S. The zero-order chi connectivity index (χ0) is 9.07. The summed E-state index contributed by atoms with van der Waals surface area (Å²) in [4.78, 5) is 15.8. The van der Waals surface area contributed by atoms with Gasteiger partial charge >= 0.3 is 5.97 Å². The van der Waals surface area contributed by atoms with Gasteiger partial charge in [-0.25, -0.2) is 8.42 Å². The first-order valence-corrected chi connectivity index (χ1v) is 4.23. The Labute approximate surface area is 64.2 Å². The fourth-order valence-corrected chi connectivity index (χ4v) is 0.963. The third-order valence-corrected chi connectivity index (χ3v) is 2.54. The van der Waals surface area contributed by atoms with Crippen molar-refractivity contribution in [2.75, 3.05) is 7.11 Å². The van der Waals surface area contributed by atoms with Crippen LogP contribution in [-0.4, -0.2) is 31.9 Å². The number of hydrogen-bond donors (Lipinski definition) is 2. The Morgan fingerprint density at radius 3 is 2.36 bits per heavy atom. The molecule has 0 aromatic carbocycles. The van der Waals surface area contributed by atoms with E-state index in [2.05, 4.69) is 4.84 Å². The first kappa shape index (κ1) is 10.3. The Kier molecular flexibility index (Phi) is 3.43. The fraction of sp³-hybridized carbons (Fsp3) is 0.750. The summed E-state index contributed by atoms with van der Waals surface area (Å²) in [6.45, 7) is 1.05. The van der Waals surface area contributed by atoms with Gasteiger partial charge in [-0.2, -0.15) is 0 Å². The molecular weight excluding hydrogens is 174 g/mol. The van der Waals surface area contributed by atoms with Crippen LogP contribution in [0.25, 0.3) is 0 Å². The van der Waals surface area contributed by atoms with Crippen molar-refractivity contribution in [3.8, 4) is 0 Å². The van der Waals surface area contributed by atoms with Gasteiger partial charge in [0.25, 0.3) is 0 Å². The Morgan fingerprint density at radius 1 is 1.64 bits per heavy atom. The highest BCUT2D eigenvalue weighted by atomic mass is 32.2. The van der Waals surface area contributed by atoms with Crippen LogP contribution in [0.15, 0.2) is 0 Å². The van der Waals surface area contributed by atoms with E-state index in [0.29, 0.717) is 0 Å². The fourth-order valence-electron chi connectivity index (χ4n) is 0.321. The second kappa shape index (κ2) is 3.65. The van der Waals surface area contributed by atoms with Gasteiger partial charge in [-0.1, -0.05) is 4.89 Å². The molecule has 0 radical (unpaired) electrons. The molecule has 0 fully saturated rings. The molecule has 0 amide bonds. The molecule has 0 aliphatic rings. The van der Waals surface area contributed by atoms with Gasteiger partial charge in [0.15, 0.2) is 5.25 Å². The summed E-state index contributed by atoms with van der Waals surface area (Å²) in [5, 5.41) is 6.76. The molecule has 7 heteroatoms. The predicted octanol–water partition coefficient (Wildman–Crippen LogP) is -1.06. The third-order valence-electron chi connectivity index (χ3n) is 1.01. The third kappa shape index (κ3) is 2.83. The monoisotopic (exact) mass is 183 g/mol. The summed E-state index contributed by atoms with van der Waals surface area (Å²) < 4.78 is 21.5. The van der Waals surface area contributed by atoms with E-state index in [4.69, 9.17) is 5.11 Å². The average Bonchev–Trinajstić information content (AvgIpc) is 1.86. The van der Waals surface area contributed by atoms with Crippen LogP contribution in [-0.2, 0) is 19.7 Å². The first-order valence-electron chi connectivity index (χ1n) is 2.68. The number of carboxylic acids is 1. The molecule has 0 aliphatic heterocycles. The van der Waals surface area contributed by atoms with E-state index in [1.165, 1.54) is 0 Å². The van der Waals surface area contributed by atoms with E-state index >= 15 is 0 Å². The molecule has 2 N–H and O–H groups in total. The van der Waals surface area contributed by atoms with Crippen LogP contribution < -0.4 is 4.89 Å². The van der Waals surface area contributed by atoms with Crippen molar-refractivity contribution in [2.45, 2.75) is 12.2 Å². The van der Waals surface area contributed by atoms with Crippen LogP contribution in [0.5, 0.6) is 0 Å². The highest BCUT2D eigenvalue weighted by Crippen LogP contribution is 1.96. The molecule has 6 nitrogen and oxygen atoms in total. The molecule has 0 saturated carbocycles. The van der Waals surface area contributed by atoms with E-state index in [1.807, 2.05) is 0 Å². The van der Waals surface area contributed by atoms with Gasteiger partial charge in [0.05, 0.1) is 7.11 Å². The van der Waals surface area contributed by atoms with E-state index in [1.54, 1.807) is 4.89 Å². The molecule has 0 heterocycles. The normalized spacial score (nSPS) is 14.4. The van der Waals surface area contributed by atoms with Gasteiger partial charge in [-0.3, -0.25) is 9.63 Å². The van der Waals surface area contributed by atoms with Crippen LogP contribution >= 0.6 is 0 Å². The minimum absolute atomic E-state index is 1.05. The van der Waals surface area contributed by atoms with Gasteiger partial charge in [-0.05, 0) is 6.92 Å². The van der Waals surface area contributed by atoms with Crippen LogP contribution in [0.1, 0.15) is 6.92 Å². The number of hydrogen-bond acceptors (Lipinski definition) is 4. The number of sulfonamides is 1. The molecule has 0 bridgehead atoms. The molecule has 0 aromatic heterocycles. The Balaban J connectivity index is 4.44. The second-order valence-electron chi connectivity index (χ2n) is 1.81. The molecule has 66 valence electrons. The number of rotatable bonds is 4. The summed E-state index contributed by atoms with van der Waals surface area (Å²) in [7, 11) is -2.79. The summed E-state index contributed by atoms with van der Waals surface area (Å²) in [5.41, 5.74) is 0. The van der Waals surface area contributed by atoms with Gasteiger partial charge in [0.2, 0.25) is 10.0 Å². The molecule has 0 spiro atoms. The van der Waals surface area contributed by atoms with Gasteiger partial charge in [-0.15, -0.1) is 0 Å². The zero-order valence-corrected chi connectivity index (χ0v) is 6.88. The van der Waals surface area contributed by atoms with E-state index in [-0.39, 0.29) is 0 Å². The van der Waals surface area contributed by atoms with E-state index < -0.39 is 21.2 Å². The minimum Gasteiger partial charge on any atom is -0.480 e. The van der Waals surface area contributed by atoms with Crippen molar-refractivity contribution in [1.82, 2.24) is 4.89 Å². The largest absolute Gasteiger partial charge is 0.480 e. The van der Waals surface area contributed by atoms with Crippen LogP contribution in [0.4, 0.5) is 0 Å². The standard InChI is InChI=1S/C4H9NO5S/c1-3(4(6)7)11(8,9)5-10-2/h3,5H,1-2H3,(H,6,7). The van der Waals surface area contributed by atoms with Crippen LogP contribution in [0.2, 0.25) is 0 Å². The van der Waals surface area contributed by atoms with Gasteiger partial charge in [0.1, 0.15) is 0 Å². The van der Waals surface area contributed by atoms with E-state index in [9.17, 15) is 13.2 Å². The molecule has 0 aliphatic carbocycles. The number of nitrogens with one attached hydrogen (secondary N) is 1. The molecule has 0 saturated heterocycles. The number of carbonyl (C=O) groups is 1. The topological polar surface area (TPSA) is 92.7 Å². The van der Waals surface area contributed by atoms with Gasteiger partial charge in [0, 0.05) is 0 Å². The number of aliphatic carboxylic acids is 1. The summed E-state index contributed by atoms with van der Waals surface area (Å²) in [6, 6.07) is 0. The maximum absolute atomic E-state index is 10.8. The zero-order valence-electron chi connectivity index (χ0n) is 6.07. The van der Waals surface area contributed by atoms with Gasteiger partial charge < -0.3 is 5.11 Å². The van der Waals surface area contributed by atoms with Crippen molar-refractivity contribution in [1.29, 1.82) is 0 Å². The smallest absolute Gasteiger partial charge is 0.323 e. The molecule has 1 atom stereocenters. The molecule has 1 unspecified atom stereocenters. The summed E-state index contributed by atoms with van der Waals surface area (Å²) >= 11 is 0. The highest BCUT2D eigenvalue weighted by molar-refractivity contribution is 7.90. The van der Waals surface area contributed by atoms with Crippen molar-refractivity contribution >= 4 is 16.0 Å². The highest BCUT2D eigenvalue weighted by Gasteiger charge is 2.27. The number of carboxylic acid groups (broad SMARTS) is 1. The summed E-state index contributed by atoms with van der Waals surface area (Å²) in [6.07, 6.45) is 0. The molecule has 0 rings (SSSR count). The average molecular weight is 183 g/mol. The second-order valence-corrected chi connectivity index (χ2v) is 3.78. The van der Waals surface area contributed by atoms with Crippen LogP contribution in [0.3, 0.4) is 0 Å². The first-order chi connectivity index (χ1) is 4.91. The lowest BCUT2D eigenvalue weighted by molar-refractivity contribution is -0.136. The molecule has 0 aromatic rings. The Bertz CT molecular complexity index is 233. The quantitative estimate of drug-likeness (QED) is 0.542. The van der Waals surface area contributed by atoms with Crippen LogP contribution in [0, 0.1) is 0 Å². The molecule has 11 heavy (non-hydrogen) atoms. The van der Waals surface area contributed by atoms with Crippen molar-refractivity contribution in [3.05, 3.63) is 0 Å². The van der Waals surface area contributed by atoms with Crippen molar-refractivity contribution in [2.24, 2.45) is 0 Å². The lowest BCUT2D eigenvalue weighted by Crippen LogP contribution is -2.36. The maximum Gasteiger partial charge on any atom is 0.323 e. The Hall–Kier alpha value is -0.660. The lowest BCUT2D eigenvalue weighted by atomic mass is 10.5. The lowest BCUT2D eigenvalue weighted by Gasteiger charge is -2.06. The predicted molar refractivity (Wildman–Crippen MR) is 36.2 cm³/mol. The summed E-state index contributed by atoms with van der Waals surface area (Å²) in [5.74, 6) is -1.42. The maximum atomic E-state index is 10.8. The SMILES string of the molecule is CONS(=O)(=O)C(C)C(=O)O. The Morgan fingerprint density at radius 2 is 2.09 bits per heavy atom.